The van der Waals surface area contributed by atoms with Crippen LogP contribution in [0.3, 0.4) is 0 Å². The third kappa shape index (κ3) is 3.67. The number of halogens is 5. The Labute approximate surface area is 136 Å². The molecule has 0 amide bonds. The summed E-state index contributed by atoms with van der Waals surface area (Å²) in [6.45, 7) is 0. The lowest BCUT2D eigenvalue weighted by Crippen LogP contribution is -3.61. The summed E-state index contributed by atoms with van der Waals surface area (Å²) in [7, 11) is 0. The largest absolute Gasteiger partial charge is 0.365 e. The SMILES string of the molecule is ClCc1ccc([ClH+])c([I+]c2ccc(Cl)cc2Cl)c1. The molecule has 0 N–H and O–H groups in total. The molecule has 18 heavy (non-hydrogen) atoms. The Bertz CT molecular complexity index is 569. The van der Waals surface area contributed by atoms with Gasteiger partial charge in [0.15, 0.2) is 11.6 Å². The molecule has 0 aliphatic rings. The number of rotatable bonds is 3. The van der Waals surface area contributed by atoms with Gasteiger partial charge >= 0.3 is 21.2 Å². The Morgan fingerprint density at radius 1 is 1.00 bits per heavy atom. The summed E-state index contributed by atoms with van der Waals surface area (Å²) in [5.41, 5.74) is 1.09. The molecule has 0 heterocycles. The van der Waals surface area contributed by atoms with E-state index in [0.717, 1.165) is 14.2 Å². The maximum Gasteiger partial charge on any atom is 0.365 e. The summed E-state index contributed by atoms with van der Waals surface area (Å²) < 4.78 is 2.30. The summed E-state index contributed by atoms with van der Waals surface area (Å²) in [6, 6.07) is 11.6. The van der Waals surface area contributed by atoms with Crippen LogP contribution in [0.25, 0.3) is 0 Å². The number of alkyl halides is 1. The quantitative estimate of drug-likeness (QED) is 0.391. The van der Waals surface area contributed by atoms with Gasteiger partial charge in [0.1, 0.15) is 0 Å². The first kappa shape index (κ1) is 14.7. The molecule has 0 unspecified atom stereocenters. The highest BCUT2D eigenvalue weighted by molar-refractivity contribution is 6.34. The van der Waals surface area contributed by atoms with Gasteiger partial charge in [0, 0.05) is 23.0 Å². The average molecular weight is 434 g/mol. The van der Waals surface area contributed by atoms with E-state index in [2.05, 4.69) is 6.07 Å². The summed E-state index contributed by atoms with van der Waals surface area (Å²) >= 11 is 22.9. The van der Waals surface area contributed by atoms with Crippen molar-refractivity contribution in [1.29, 1.82) is 0 Å². The van der Waals surface area contributed by atoms with Gasteiger partial charge in [-0.25, -0.2) is 0 Å². The molecular formula is C13H9Cl4I+2. The van der Waals surface area contributed by atoms with E-state index in [9.17, 15) is 0 Å². The van der Waals surface area contributed by atoms with Crippen molar-refractivity contribution in [2.75, 3.05) is 0 Å². The van der Waals surface area contributed by atoms with Gasteiger partial charge in [0.2, 0.25) is 3.57 Å². The zero-order valence-electron chi connectivity index (χ0n) is 9.09. The van der Waals surface area contributed by atoms with Crippen LogP contribution in [0, 0.1) is 18.7 Å². The van der Waals surface area contributed by atoms with Gasteiger partial charge < -0.3 is 0 Å². The van der Waals surface area contributed by atoms with Gasteiger partial charge in [0.25, 0.3) is 8.59 Å². The van der Waals surface area contributed by atoms with E-state index in [1.165, 1.54) is 3.57 Å². The summed E-state index contributed by atoms with van der Waals surface area (Å²) in [5.74, 6) is 0.501. The summed E-state index contributed by atoms with van der Waals surface area (Å²) in [5, 5.41) is 2.24. The van der Waals surface area contributed by atoms with Crippen molar-refractivity contribution in [2.45, 2.75) is 5.88 Å². The van der Waals surface area contributed by atoms with Crippen LogP contribution in [0.5, 0.6) is 0 Å². The van der Waals surface area contributed by atoms with Crippen molar-refractivity contribution in [1.82, 2.24) is 0 Å². The van der Waals surface area contributed by atoms with Crippen molar-refractivity contribution >= 4 is 34.8 Å². The second-order valence-corrected chi connectivity index (χ2v) is 7.97. The van der Waals surface area contributed by atoms with E-state index in [1.807, 2.05) is 24.3 Å². The van der Waals surface area contributed by atoms with Crippen molar-refractivity contribution < 1.29 is 32.8 Å². The van der Waals surface area contributed by atoms with E-state index < -0.39 is 21.2 Å². The maximum absolute atomic E-state index is 6.19. The topological polar surface area (TPSA) is 0 Å². The van der Waals surface area contributed by atoms with Crippen molar-refractivity contribution in [2.24, 2.45) is 0 Å². The third-order valence-corrected chi connectivity index (χ3v) is 7.13. The molecule has 2 aromatic carbocycles. The predicted octanol–water partition coefficient (Wildman–Crippen LogP) is 1.56. The van der Waals surface area contributed by atoms with Crippen molar-refractivity contribution in [3.8, 4) is 0 Å². The van der Waals surface area contributed by atoms with E-state index >= 15 is 0 Å². The van der Waals surface area contributed by atoms with Gasteiger partial charge in [-0.3, -0.25) is 0 Å². The van der Waals surface area contributed by atoms with Crippen LogP contribution < -0.4 is 21.2 Å². The fourth-order valence-electron chi connectivity index (χ4n) is 1.36. The maximum atomic E-state index is 6.19. The zero-order valence-corrected chi connectivity index (χ0v) is 14.3. The molecule has 5 heteroatoms. The molecule has 0 bridgehead atoms. The van der Waals surface area contributed by atoms with Crippen molar-refractivity contribution in [3.63, 3.8) is 0 Å². The van der Waals surface area contributed by atoms with Crippen LogP contribution in [0.1, 0.15) is 5.56 Å². The van der Waals surface area contributed by atoms with E-state index in [0.29, 0.717) is 15.9 Å². The first-order chi connectivity index (χ1) is 8.60. The molecule has 94 valence electrons. The molecule has 0 nitrogen and oxygen atoms in total. The van der Waals surface area contributed by atoms with Crippen LogP contribution in [0.4, 0.5) is 0 Å². The molecule has 0 saturated carbocycles. The lowest BCUT2D eigenvalue weighted by Gasteiger charge is -1.94. The average Bonchev–Trinajstić information content (AvgIpc) is 2.35. The van der Waals surface area contributed by atoms with Crippen LogP contribution in [0.2, 0.25) is 15.1 Å². The third-order valence-electron chi connectivity index (χ3n) is 2.24. The molecular weight excluding hydrogens is 425 g/mol. The number of benzene rings is 2. The van der Waals surface area contributed by atoms with E-state index in [4.69, 9.17) is 46.4 Å². The Hall–Kier alpha value is 0.330. The molecule has 0 aliphatic carbocycles. The number of hydrogen-bond donors (Lipinski definition) is 0. The minimum Gasteiger partial charge on any atom is -0.122 e. The molecule has 0 saturated heterocycles. The molecule has 2 aromatic rings. The fraction of sp³-hybridized carbons (Fsp3) is 0.0769. The second-order valence-electron chi connectivity index (χ2n) is 3.55. The molecule has 0 aliphatic heterocycles. The Balaban J connectivity index is 2.33. The highest BCUT2D eigenvalue weighted by Crippen LogP contribution is 2.15. The molecule has 0 spiro atoms. The van der Waals surface area contributed by atoms with E-state index in [-0.39, 0.29) is 0 Å². The van der Waals surface area contributed by atoms with Gasteiger partial charge in [-0.2, -0.15) is 0 Å². The molecule has 0 atom stereocenters. The zero-order chi connectivity index (χ0) is 13.1. The van der Waals surface area contributed by atoms with Crippen LogP contribution in [-0.2, 0) is 5.88 Å². The standard InChI is InChI=1S/C13H9Cl4I/c14-7-8-1-3-10(16)13(5-8)18-12-4-2-9(15)6-11(12)17/h1-6,16H,7H2/q+2. The fourth-order valence-corrected chi connectivity index (χ4v) is 4.96. The van der Waals surface area contributed by atoms with Crippen LogP contribution >= 0.6 is 34.8 Å². The van der Waals surface area contributed by atoms with Crippen molar-refractivity contribution in [3.05, 3.63) is 64.2 Å². The van der Waals surface area contributed by atoms with Gasteiger partial charge in [-0.15, -0.1) is 11.6 Å². The normalized spacial score (nSPS) is 10.7. The van der Waals surface area contributed by atoms with Gasteiger partial charge in [-0.1, -0.05) is 29.3 Å². The first-order valence-corrected chi connectivity index (χ1v) is 8.91. The smallest absolute Gasteiger partial charge is 0.122 e. The minimum atomic E-state index is -0.404. The van der Waals surface area contributed by atoms with E-state index in [1.54, 1.807) is 6.07 Å². The number of hydrogen-bond acceptors (Lipinski definition) is 0. The Morgan fingerprint density at radius 2 is 1.78 bits per heavy atom. The summed E-state index contributed by atoms with van der Waals surface area (Å²) in [6.07, 6.45) is 0. The first-order valence-electron chi connectivity index (χ1n) is 5.06. The van der Waals surface area contributed by atoms with Crippen LogP contribution in [0.15, 0.2) is 36.4 Å². The highest BCUT2D eigenvalue weighted by Gasteiger charge is 2.26. The minimum absolute atomic E-state index is 0.404. The molecule has 0 aromatic heterocycles. The Kier molecular flexibility index (Phi) is 5.46. The predicted molar refractivity (Wildman–Crippen MR) is 70.4 cm³/mol. The molecule has 2 rings (SSSR count). The van der Waals surface area contributed by atoms with Gasteiger partial charge in [0.05, 0.1) is 5.02 Å². The lowest BCUT2D eigenvalue weighted by atomic mass is 10.2. The summed E-state index contributed by atoms with van der Waals surface area (Å²) in [4.78, 5) is 0. The second kappa shape index (κ2) is 6.67. The molecule has 0 radical (unpaired) electrons. The van der Waals surface area contributed by atoms with Crippen LogP contribution in [-0.4, -0.2) is 0 Å². The monoisotopic (exact) mass is 432 g/mol. The van der Waals surface area contributed by atoms with Gasteiger partial charge in [-0.05, 0) is 23.8 Å². The molecule has 0 fully saturated rings. The Morgan fingerprint density at radius 3 is 2.44 bits per heavy atom. The lowest BCUT2D eigenvalue weighted by molar-refractivity contribution is -0.605. The highest BCUT2D eigenvalue weighted by atomic mass is 127.